The predicted octanol–water partition coefficient (Wildman–Crippen LogP) is 2.78. The van der Waals surface area contributed by atoms with E-state index in [-0.39, 0.29) is 11.7 Å². The second kappa shape index (κ2) is 7.32. The van der Waals surface area contributed by atoms with Crippen molar-refractivity contribution in [3.8, 4) is 5.75 Å². The van der Waals surface area contributed by atoms with Gasteiger partial charge in [0.15, 0.2) is 0 Å². The average Bonchev–Trinajstić information content (AvgIpc) is 3.38. The summed E-state index contributed by atoms with van der Waals surface area (Å²) in [5.41, 5.74) is 2.97. The Morgan fingerprint density at radius 2 is 2.08 bits per heavy atom. The molecule has 0 saturated heterocycles. The number of carbonyl (C=O) groups is 1. The molecule has 0 spiro atoms. The zero-order valence-corrected chi connectivity index (χ0v) is 14.8. The van der Waals surface area contributed by atoms with Crippen molar-refractivity contribution < 1.29 is 9.90 Å². The predicted molar refractivity (Wildman–Crippen MR) is 99.6 cm³/mol. The highest BCUT2D eigenvalue weighted by atomic mass is 16.3. The SMILES string of the molecule is O=C(NCCCNc1nc(C2CC2)nc2c1CCC2)c1cccc(O)c1. The molecule has 2 aromatic rings. The van der Waals surface area contributed by atoms with Crippen LogP contribution in [0.2, 0.25) is 0 Å². The summed E-state index contributed by atoms with van der Waals surface area (Å²) in [7, 11) is 0. The fourth-order valence-corrected chi connectivity index (χ4v) is 3.37. The molecule has 1 saturated carbocycles. The van der Waals surface area contributed by atoms with Gasteiger partial charge in [0.2, 0.25) is 0 Å². The molecule has 26 heavy (non-hydrogen) atoms. The molecular formula is C20H24N4O2. The molecule has 1 aromatic carbocycles. The first-order valence-corrected chi connectivity index (χ1v) is 9.41. The third-order valence-corrected chi connectivity index (χ3v) is 4.93. The fourth-order valence-electron chi connectivity index (χ4n) is 3.37. The number of benzene rings is 1. The van der Waals surface area contributed by atoms with Crippen molar-refractivity contribution in [2.75, 3.05) is 18.4 Å². The van der Waals surface area contributed by atoms with Crippen molar-refractivity contribution in [3.05, 3.63) is 46.9 Å². The number of hydrogen-bond donors (Lipinski definition) is 3. The van der Waals surface area contributed by atoms with Crippen LogP contribution in [-0.4, -0.2) is 34.1 Å². The smallest absolute Gasteiger partial charge is 0.251 e. The van der Waals surface area contributed by atoms with Crippen LogP contribution in [0.5, 0.6) is 5.75 Å². The third-order valence-electron chi connectivity index (χ3n) is 4.93. The minimum Gasteiger partial charge on any atom is -0.508 e. The van der Waals surface area contributed by atoms with Gasteiger partial charge in [0.05, 0.1) is 0 Å². The van der Waals surface area contributed by atoms with E-state index in [1.54, 1.807) is 18.2 Å². The molecule has 136 valence electrons. The highest BCUT2D eigenvalue weighted by molar-refractivity contribution is 5.94. The molecule has 1 aromatic heterocycles. The first-order chi connectivity index (χ1) is 12.7. The molecule has 1 fully saturated rings. The van der Waals surface area contributed by atoms with Crippen molar-refractivity contribution >= 4 is 11.7 Å². The molecule has 3 N–H and O–H groups in total. The van der Waals surface area contributed by atoms with E-state index < -0.39 is 0 Å². The van der Waals surface area contributed by atoms with Crippen LogP contribution < -0.4 is 10.6 Å². The average molecular weight is 352 g/mol. The van der Waals surface area contributed by atoms with E-state index in [2.05, 4.69) is 10.6 Å². The Bertz CT molecular complexity index is 817. The minimum atomic E-state index is -0.167. The van der Waals surface area contributed by atoms with E-state index in [1.807, 2.05) is 0 Å². The molecular weight excluding hydrogens is 328 g/mol. The summed E-state index contributed by atoms with van der Waals surface area (Å²) >= 11 is 0. The van der Waals surface area contributed by atoms with Crippen molar-refractivity contribution in [2.24, 2.45) is 0 Å². The summed E-state index contributed by atoms with van der Waals surface area (Å²) in [6.07, 6.45) is 6.50. The Morgan fingerprint density at radius 3 is 2.88 bits per heavy atom. The molecule has 0 aliphatic heterocycles. The number of aromatic nitrogens is 2. The fraction of sp³-hybridized carbons (Fsp3) is 0.450. The summed E-state index contributed by atoms with van der Waals surface area (Å²) < 4.78 is 0. The molecule has 1 amide bonds. The number of hydrogen-bond acceptors (Lipinski definition) is 5. The van der Waals surface area contributed by atoms with Crippen LogP contribution in [0.3, 0.4) is 0 Å². The number of aromatic hydroxyl groups is 1. The number of aryl methyl sites for hydroxylation is 1. The maximum atomic E-state index is 12.0. The number of anilines is 1. The maximum Gasteiger partial charge on any atom is 0.251 e. The number of phenolic OH excluding ortho intramolecular Hbond substituents is 1. The monoisotopic (exact) mass is 352 g/mol. The van der Waals surface area contributed by atoms with Crippen LogP contribution in [0.25, 0.3) is 0 Å². The highest BCUT2D eigenvalue weighted by Gasteiger charge is 2.29. The molecule has 0 unspecified atom stereocenters. The van der Waals surface area contributed by atoms with E-state index in [1.165, 1.54) is 30.2 Å². The van der Waals surface area contributed by atoms with Gasteiger partial charge in [-0.15, -0.1) is 0 Å². The molecule has 0 atom stereocenters. The molecule has 4 rings (SSSR count). The van der Waals surface area contributed by atoms with Crippen molar-refractivity contribution in [1.29, 1.82) is 0 Å². The molecule has 6 heteroatoms. The number of fused-ring (bicyclic) bond motifs is 1. The quantitative estimate of drug-likeness (QED) is 0.667. The zero-order chi connectivity index (χ0) is 17.9. The van der Waals surface area contributed by atoms with Crippen LogP contribution in [-0.2, 0) is 12.8 Å². The lowest BCUT2D eigenvalue weighted by Gasteiger charge is -2.12. The Kier molecular flexibility index (Phi) is 4.73. The van der Waals surface area contributed by atoms with Crippen LogP contribution in [0, 0.1) is 0 Å². The van der Waals surface area contributed by atoms with Crippen LogP contribution in [0.1, 0.15) is 59.0 Å². The van der Waals surface area contributed by atoms with E-state index in [0.717, 1.165) is 43.9 Å². The lowest BCUT2D eigenvalue weighted by molar-refractivity contribution is 0.0953. The second-order valence-corrected chi connectivity index (χ2v) is 7.07. The summed E-state index contributed by atoms with van der Waals surface area (Å²) in [5.74, 6) is 2.49. The number of nitrogens with one attached hydrogen (secondary N) is 2. The van der Waals surface area contributed by atoms with E-state index in [4.69, 9.17) is 9.97 Å². The van der Waals surface area contributed by atoms with Crippen LogP contribution in [0.4, 0.5) is 5.82 Å². The lowest BCUT2D eigenvalue weighted by Crippen LogP contribution is -2.26. The Hall–Kier alpha value is -2.63. The molecule has 0 bridgehead atoms. The number of carbonyl (C=O) groups excluding carboxylic acids is 1. The molecule has 1 heterocycles. The Balaban J connectivity index is 1.28. The summed E-state index contributed by atoms with van der Waals surface area (Å²) in [6, 6.07) is 6.38. The lowest BCUT2D eigenvalue weighted by atomic mass is 10.2. The number of amides is 1. The van der Waals surface area contributed by atoms with Crippen molar-refractivity contribution in [2.45, 2.75) is 44.4 Å². The van der Waals surface area contributed by atoms with Crippen molar-refractivity contribution in [3.63, 3.8) is 0 Å². The van der Waals surface area contributed by atoms with E-state index >= 15 is 0 Å². The summed E-state index contributed by atoms with van der Waals surface area (Å²) in [6.45, 7) is 1.33. The van der Waals surface area contributed by atoms with Gasteiger partial charge >= 0.3 is 0 Å². The Labute approximate surface area is 153 Å². The van der Waals surface area contributed by atoms with E-state index in [9.17, 15) is 9.90 Å². The zero-order valence-electron chi connectivity index (χ0n) is 14.8. The van der Waals surface area contributed by atoms with Gasteiger partial charge < -0.3 is 15.7 Å². The van der Waals surface area contributed by atoms with Gasteiger partial charge in [0.25, 0.3) is 5.91 Å². The molecule has 0 radical (unpaired) electrons. The first-order valence-electron chi connectivity index (χ1n) is 9.41. The molecule has 6 nitrogen and oxygen atoms in total. The van der Waals surface area contributed by atoms with Crippen molar-refractivity contribution in [1.82, 2.24) is 15.3 Å². The number of nitrogens with zero attached hydrogens (tertiary/aromatic N) is 2. The Morgan fingerprint density at radius 1 is 1.19 bits per heavy atom. The second-order valence-electron chi connectivity index (χ2n) is 7.07. The summed E-state index contributed by atoms with van der Waals surface area (Å²) in [4.78, 5) is 21.6. The number of rotatable bonds is 7. The van der Waals surface area contributed by atoms with Gasteiger partial charge in [-0.25, -0.2) is 9.97 Å². The highest BCUT2D eigenvalue weighted by Crippen LogP contribution is 2.40. The number of phenols is 1. The summed E-state index contributed by atoms with van der Waals surface area (Å²) in [5, 5.41) is 15.8. The van der Waals surface area contributed by atoms with Gasteiger partial charge in [-0.1, -0.05) is 6.07 Å². The van der Waals surface area contributed by atoms with Crippen LogP contribution in [0.15, 0.2) is 24.3 Å². The maximum absolute atomic E-state index is 12.0. The van der Waals surface area contributed by atoms with Gasteiger partial charge in [0, 0.05) is 35.8 Å². The van der Waals surface area contributed by atoms with E-state index in [0.29, 0.717) is 18.0 Å². The molecule has 2 aliphatic rings. The first kappa shape index (κ1) is 16.8. The minimum absolute atomic E-state index is 0.100. The van der Waals surface area contributed by atoms with Crippen LogP contribution >= 0.6 is 0 Å². The third kappa shape index (κ3) is 3.79. The van der Waals surface area contributed by atoms with Gasteiger partial charge in [0.1, 0.15) is 17.4 Å². The normalized spacial score (nSPS) is 15.5. The molecule has 2 aliphatic carbocycles. The largest absolute Gasteiger partial charge is 0.508 e. The van der Waals surface area contributed by atoms with Gasteiger partial charge in [-0.05, 0) is 56.7 Å². The van der Waals surface area contributed by atoms with Gasteiger partial charge in [-0.2, -0.15) is 0 Å². The standard InChI is InChI=1S/C20H24N4O2/c25-15-5-1-4-14(12-15)20(26)22-11-3-10-21-19-16-6-2-7-17(16)23-18(24-19)13-8-9-13/h1,4-5,12-13,25H,2-3,6-11H2,(H,22,26)(H,21,23,24). The topological polar surface area (TPSA) is 87.1 Å². The van der Waals surface area contributed by atoms with Gasteiger partial charge in [-0.3, -0.25) is 4.79 Å².